The van der Waals surface area contributed by atoms with Crippen LogP contribution in [-0.2, 0) is 9.53 Å². The highest BCUT2D eigenvalue weighted by Crippen LogP contribution is 2.16. The average molecular weight is 242 g/mol. The quantitative estimate of drug-likeness (QED) is 0.700. The zero-order valence-corrected chi connectivity index (χ0v) is 10.4. The first-order valence-electron chi connectivity index (χ1n) is 6.48. The number of ether oxygens (including phenoxy) is 1. The predicted molar refractivity (Wildman–Crippen MR) is 63.6 cm³/mol. The molecule has 1 amide bonds. The number of hydrogen-bond acceptors (Lipinski definition) is 4. The van der Waals surface area contributed by atoms with Crippen molar-refractivity contribution in [2.45, 2.75) is 44.4 Å². The van der Waals surface area contributed by atoms with E-state index in [1.165, 1.54) is 0 Å². The van der Waals surface area contributed by atoms with Crippen LogP contribution >= 0.6 is 0 Å². The highest BCUT2D eigenvalue weighted by molar-refractivity contribution is 5.82. The van der Waals surface area contributed by atoms with Gasteiger partial charge in [-0.15, -0.1) is 0 Å². The minimum absolute atomic E-state index is 0.0156. The van der Waals surface area contributed by atoms with Crippen molar-refractivity contribution in [3.8, 4) is 0 Å². The number of carbonyl (C=O) groups is 1. The lowest BCUT2D eigenvalue weighted by molar-refractivity contribution is -0.143. The van der Waals surface area contributed by atoms with Crippen LogP contribution in [0.15, 0.2) is 0 Å². The summed E-state index contributed by atoms with van der Waals surface area (Å²) in [4.78, 5) is 14.1. The zero-order valence-electron chi connectivity index (χ0n) is 10.4. The summed E-state index contributed by atoms with van der Waals surface area (Å²) < 4.78 is 5.35. The van der Waals surface area contributed by atoms with Crippen LogP contribution < -0.4 is 5.32 Å². The van der Waals surface area contributed by atoms with Crippen molar-refractivity contribution in [2.24, 2.45) is 0 Å². The van der Waals surface area contributed by atoms with Crippen molar-refractivity contribution in [1.29, 1.82) is 0 Å². The monoisotopic (exact) mass is 242 g/mol. The van der Waals surface area contributed by atoms with Gasteiger partial charge < -0.3 is 20.1 Å². The van der Waals surface area contributed by atoms with Gasteiger partial charge in [-0.3, -0.25) is 4.79 Å². The number of nitrogens with zero attached hydrogens (tertiary/aromatic N) is 1. The molecular weight excluding hydrogens is 220 g/mol. The highest BCUT2D eigenvalue weighted by Gasteiger charge is 2.31. The molecule has 0 bridgehead atoms. The number of nitrogens with one attached hydrogen (secondary N) is 1. The molecule has 0 spiro atoms. The van der Waals surface area contributed by atoms with E-state index in [2.05, 4.69) is 12.2 Å². The molecule has 0 aromatic heterocycles. The summed E-state index contributed by atoms with van der Waals surface area (Å²) in [5, 5.41) is 12.4. The van der Waals surface area contributed by atoms with Gasteiger partial charge in [0.25, 0.3) is 0 Å². The minimum atomic E-state index is -0.214. The smallest absolute Gasteiger partial charge is 0.239 e. The van der Waals surface area contributed by atoms with E-state index in [1.54, 1.807) is 0 Å². The molecule has 0 aromatic rings. The second-order valence-electron chi connectivity index (χ2n) is 5.01. The molecule has 0 aromatic carbocycles. The van der Waals surface area contributed by atoms with Crippen molar-refractivity contribution < 1.29 is 14.6 Å². The lowest BCUT2D eigenvalue weighted by atomic mass is 9.98. The van der Waals surface area contributed by atoms with E-state index in [0.29, 0.717) is 25.7 Å². The van der Waals surface area contributed by atoms with Crippen LogP contribution in [0.25, 0.3) is 0 Å². The fourth-order valence-electron chi connectivity index (χ4n) is 2.58. The van der Waals surface area contributed by atoms with Gasteiger partial charge in [-0.05, 0) is 26.2 Å². The fourth-order valence-corrected chi connectivity index (χ4v) is 2.58. The lowest BCUT2D eigenvalue weighted by Gasteiger charge is -2.36. The van der Waals surface area contributed by atoms with E-state index < -0.39 is 0 Å². The Morgan fingerprint density at radius 1 is 1.53 bits per heavy atom. The molecule has 2 saturated heterocycles. The van der Waals surface area contributed by atoms with Crippen molar-refractivity contribution in [1.82, 2.24) is 10.2 Å². The Morgan fingerprint density at radius 3 is 3.06 bits per heavy atom. The van der Waals surface area contributed by atoms with Gasteiger partial charge >= 0.3 is 0 Å². The summed E-state index contributed by atoms with van der Waals surface area (Å²) in [5.74, 6) is 0.165. The maximum absolute atomic E-state index is 12.3. The normalized spacial score (nSPS) is 34.7. The summed E-state index contributed by atoms with van der Waals surface area (Å²) in [6.45, 7) is 3.79. The van der Waals surface area contributed by atoms with Gasteiger partial charge in [-0.25, -0.2) is 0 Å². The first kappa shape index (κ1) is 12.8. The van der Waals surface area contributed by atoms with Gasteiger partial charge in [0, 0.05) is 19.1 Å². The SMILES string of the molecule is CC1CCCC(C(=O)N2CCOC(CO)C2)N1. The van der Waals surface area contributed by atoms with Crippen molar-refractivity contribution in [2.75, 3.05) is 26.3 Å². The third-order valence-electron chi connectivity index (χ3n) is 3.57. The maximum Gasteiger partial charge on any atom is 0.239 e. The third kappa shape index (κ3) is 3.18. The number of aliphatic hydroxyl groups is 1. The number of morpholine rings is 1. The molecule has 2 N–H and O–H groups in total. The van der Waals surface area contributed by atoms with Crippen LogP contribution in [-0.4, -0.2) is 60.4 Å². The Kier molecular flexibility index (Phi) is 4.36. The van der Waals surface area contributed by atoms with Gasteiger partial charge in [0.15, 0.2) is 0 Å². The highest BCUT2D eigenvalue weighted by atomic mass is 16.5. The molecule has 0 radical (unpaired) electrons. The average Bonchev–Trinajstić information content (AvgIpc) is 2.38. The molecular formula is C12H22N2O3. The largest absolute Gasteiger partial charge is 0.394 e. The van der Waals surface area contributed by atoms with Crippen LogP contribution in [0, 0.1) is 0 Å². The van der Waals surface area contributed by atoms with E-state index in [0.717, 1.165) is 19.3 Å². The van der Waals surface area contributed by atoms with Crippen LogP contribution in [0.1, 0.15) is 26.2 Å². The molecule has 5 nitrogen and oxygen atoms in total. The molecule has 5 heteroatoms. The van der Waals surface area contributed by atoms with Gasteiger partial charge in [0.1, 0.15) is 0 Å². The Balaban J connectivity index is 1.89. The number of hydrogen-bond donors (Lipinski definition) is 2. The standard InChI is InChI=1S/C12H22N2O3/c1-9-3-2-4-11(13-9)12(16)14-5-6-17-10(7-14)8-15/h9-11,13,15H,2-8H2,1H3. The molecule has 3 atom stereocenters. The Labute approximate surface area is 102 Å². The van der Waals surface area contributed by atoms with Gasteiger partial charge in [-0.2, -0.15) is 0 Å². The number of aliphatic hydroxyl groups excluding tert-OH is 1. The first-order valence-corrected chi connectivity index (χ1v) is 6.48. The van der Waals surface area contributed by atoms with Gasteiger partial charge in [0.05, 0.1) is 25.4 Å². The fraction of sp³-hybridized carbons (Fsp3) is 0.917. The molecule has 2 aliphatic heterocycles. The molecule has 2 aliphatic rings. The zero-order chi connectivity index (χ0) is 12.3. The van der Waals surface area contributed by atoms with E-state index in [1.807, 2.05) is 4.90 Å². The van der Waals surface area contributed by atoms with Crippen LogP contribution in [0.3, 0.4) is 0 Å². The lowest BCUT2D eigenvalue weighted by Crippen LogP contribution is -2.55. The number of carbonyl (C=O) groups excluding carboxylic acids is 1. The molecule has 17 heavy (non-hydrogen) atoms. The van der Waals surface area contributed by atoms with Crippen LogP contribution in [0.4, 0.5) is 0 Å². The van der Waals surface area contributed by atoms with Crippen LogP contribution in [0.5, 0.6) is 0 Å². The Hall–Kier alpha value is -0.650. The molecule has 2 rings (SSSR count). The van der Waals surface area contributed by atoms with Crippen molar-refractivity contribution >= 4 is 5.91 Å². The summed E-state index contributed by atoms with van der Waals surface area (Å²) in [7, 11) is 0. The first-order chi connectivity index (χ1) is 8.20. The molecule has 3 unspecified atom stereocenters. The van der Waals surface area contributed by atoms with Crippen molar-refractivity contribution in [3.63, 3.8) is 0 Å². The maximum atomic E-state index is 12.3. The summed E-state index contributed by atoms with van der Waals surface area (Å²) in [6, 6.07) is 0.378. The van der Waals surface area contributed by atoms with Crippen LogP contribution in [0.2, 0.25) is 0 Å². The molecule has 0 saturated carbocycles. The van der Waals surface area contributed by atoms with Gasteiger partial charge in [0.2, 0.25) is 5.91 Å². The Morgan fingerprint density at radius 2 is 2.35 bits per heavy atom. The topological polar surface area (TPSA) is 61.8 Å². The summed E-state index contributed by atoms with van der Waals surface area (Å²) in [5.41, 5.74) is 0. The van der Waals surface area contributed by atoms with E-state index in [9.17, 15) is 4.79 Å². The number of piperidine rings is 1. The molecule has 0 aliphatic carbocycles. The van der Waals surface area contributed by atoms with E-state index in [4.69, 9.17) is 9.84 Å². The molecule has 98 valence electrons. The second kappa shape index (κ2) is 5.80. The number of amides is 1. The van der Waals surface area contributed by atoms with Crippen molar-refractivity contribution in [3.05, 3.63) is 0 Å². The summed E-state index contributed by atoms with van der Waals surface area (Å²) >= 11 is 0. The van der Waals surface area contributed by atoms with E-state index in [-0.39, 0.29) is 24.7 Å². The minimum Gasteiger partial charge on any atom is -0.394 e. The predicted octanol–water partition coefficient (Wildman–Crippen LogP) is -0.263. The second-order valence-corrected chi connectivity index (χ2v) is 5.01. The number of rotatable bonds is 2. The molecule has 2 fully saturated rings. The van der Waals surface area contributed by atoms with Gasteiger partial charge in [-0.1, -0.05) is 0 Å². The Bertz CT molecular complexity index is 272. The molecule has 2 heterocycles. The van der Waals surface area contributed by atoms with E-state index >= 15 is 0 Å². The summed E-state index contributed by atoms with van der Waals surface area (Å²) in [6.07, 6.45) is 2.96. The third-order valence-corrected chi connectivity index (χ3v) is 3.57.